The molecule has 3 rings (SSSR count). The molecule has 1 amide bonds. The number of aryl methyl sites for hydroxylation is 1. The molecular formula is C22H27ClN2O2. The molecule has 0 saturated carbocycles. The van der Waals surface area contributed by atoms with Gasteiger partial charge in [-0.2, -0.15) is 0 Å². The van der Waals surface area contributed by atoms with Gasteiger partial charge in [-0.3, -0.25) is 9.69 Å². The van der Waals surface area contributed by atoms with Gasteiger partial charge in [0.2, 0.25) is 0 Å². The van der Waals surface area contributed by atoms with Gasteiger partial charge in [0.05, 0.1) is 11.1 Å². The van der Waals surface area contributed by atoms with Crippen molar-refractivity contribution in [1.82, 2.24) is 10.2 Å². The molecular weight excluding hydrogens is 360 g/mol. The van der Waals surface area contributed by atoms with Gasteiger partial charge in [0, 0.05) is 6.54 Å². The summed E-state index contributed by atoms with van der Waals surface area (Å²) in [5.41, 5.74) is 2.49. The fourth-order valence-electron chi connectivity index (χ4n) is 3.44. The molecule has 0 aromatic heterocycles. The van der Waals surface area contributed by atoms with Gasteiger partial charge >= 0.3 is 0 Å². The minimum absolute atomic E-state index is 0.0374. The third-order valence-corrected chi connectivity index (χ3v) is 5.29. The highest BCUT2D eigenvalue weighted by Gasteiger charge is 2.22. The van der Waals surface area contributed by atoms with E-state index in [0.29, 0.717) is 17.3 Å². The van der Waals surface area contributed by atoms with Gasteiger partial charge in [-0.1, -0.05) is 60.0 Å². The number of hydrogen-bond acceptors (Lipinski definition) is 3. The molecule has 5 heteroatoms. The van der Waals surface area contributed by atoms with Crippen molar-refractivity contribution in [3.63, 3.8) is 0 Å². The first-order chi connectivity index (χ1) is 13.1. The number of carbonyl (C=O) groups is 1. The summed E-state index contributed by atoms with van der Waals surface area (Å²) in [7, 11) is 0. The first-order valence-electron chi connectivity index (χ1n) is 9.58. The van der Waals surface area contributed by atoms with Gasteiger partial charge in [0.1, 0.15) is 5.75 Å². The second-order valence-corrected chi connectivity index (χ2v) is 7.45. The summed E-state index contributed by atoms with van der Waals surface area (Å²) in [5.74, 6) is 0.393. The molecule has 1 fully saturated rings. The SMILES string of the molecule is Cc1ccc(C(CNC(=O)COc2ccccc2Cl)N2CCCCC2)cc1. The highest BCUT2D eigenvalue weighted by molar-refractivity contribution is 6.32. The van der Waals surface area contributed by atoms with Gasteiger partial charge in [-0.15, -0.1) is 0 Å². The van der Waals surface area contributed by atoms with E-state index in [2.05, 4.69) is 41.4 Å². The molecule has 1 N–H and O–H groups in total. The molecule has 1 saturated heterocycles. The summed E-state index contributed by atoms with van der Waals surface area (Å²) in [5, 5.41) is 3.54. The average Bonchev–Trinajstić information content (AvgIpc) is 2.69. The topological polar surface area (TPSA) is 41.6 Å². The van der Waals surface area contributed by atoms with Crippen LogP contribution in [0.25, 0.3) is 0 Å². The molecule has 0 bridgehead atoms. The monoisotopic (exact) mass is 386 g/mol. The van der Waals surface area contributed by atoms with E-state index in [4.69, 9.17) is 16.3 Å². The van der Waals surface area contributed by atoms with Crippen LogP contribution in [0.3, 0.4) is 0 Å². The van der Waals surface area contributed by atoms with Crippen molar-refractivity contribution in [3.05, 3.63) is 64.7 Å². The maximum absolute atomic E-state index is 12.3. The molecule has 144 valence electrons. The van der Waals surface area contributed by atoms with Crippen LogP contribution in [0, 0.1) is 6.92 Å². The lowest BCUT2D eigenvalue weighted by molar-refractivity contribution is -0.123. The predicted octanol–water partition coefficient (Wildman–Crippen LogP) is 4.37. The Morgan fingerprint density at radius 2 is 1.81 bits per heavy atom. The number of hydrogen-bond donors (Lipinski definition) is 1. The van der Waals surface area contributed by atoms with E-state index in [1.54, 1.807) is 12.1 Å². The maximum Gasteiger partial charge on any atom is 0.258 e. The smallest absolute Gasteiger partial charge is 0.258 e. The van der Waals surface area contributed by atoms with E-state index in [9.17, 15) is 4.79 Å². The Kier molecular flexibility index (Phi) is 7.13. The Morgan fingerprint density at radius 3 is 2.52 bits per heavy atom. The highest BCUT2D eigenvalue weighted by atomic mass is 35.5. The van der Waals surface area contributed by atoms with Gasteiger partial charge in [-0.25, -0.2) is 0 Å². The molecule has 1 heterocycles. The largest absolute Gasteiger partial charge is 0.482 e. The van der Waals surface area contributed by atoms with E-state index in [1.165, 1.54) is 30.4 Å². The highest BCUT2D eigenvalue weighted by Crippen LogP contribution is 2.25. The number of benzene rings is 2. The maximum atomic E-state index is 12.3. The zero-order valence-electron chi connectivity index (χ0n) is 15.8. The Morgan fingerprint density at radius 1 is 1.11 bits per heavy atom. The van der Waals surface area contributed by atoms with Crippen LogP contribution < -0.4 is 10.1 Å². The van der Waals surface area contributed by atoms with E-state index < -0.39 is 0 Å². The third-order valence-electron chi connectivity index (χ3n) is 4.98. The first kappa shape index (κ1) is 19.7. The van der Waals surface area contributed by atoms with E-state index in [0.717, 1.165) is 13.1 Å². The van der Waals surface area contributed by atoms with Gasteiger partial charge in [0.25, 0.3) is 5.91 Å². The Balaban J connectivity index is 1.59. The summed E-state index contributed by atoms with van der Waals surface area (Å²) in [4.78, 5) is 14.8. The molecule has 0 radical (unpaired) electrons. The molecule has 4 nitrogen and oxygen atoms in total. The molecule has 2 aromatic carbocycles. The van der Waals surface area contributed by atoms with Crippen LogP contribution in [-0.2, 0) is 4.79 Å². The lowest BCUT2D eigenvalue weighted by atomic mass is 10.0. The molecule has 0 aliphatic carbocycles. The number of likely N-dealkylation sites (tertiary alicyclic amines) is 1. The summed E-state index contributed by atoms with van der Waals surface area (Å²) in [6.45, 7) is 4.78. The quantitative estimate of drug-likeness (QED) is 0.768. The lowest BCUT2D eigenvalue weighted by Crippen LogP contribution is -2.41. The number of para-hydroxylation sites is 1. The third kappa shape index (κ3) is 5.72. The number of halogens is 1. The standard InChI is InChI=1S/C22H27ClN2O2/c1-17-9-11-18(12-10-17)20(25-13-5-2-6-14-25)15-24-22(26)16-27-21-8-4-3-7-19(21)23/h3-4,7-12,20H,2,5-6,13-16H2,1H3,(H,24,26). The van der Waals surface area contributed by atoms with Crippen LogP contribution in [0.5, 0.6) is 5.75 Å². The summed E-state index contributed by atoms with van der Waals surface area (Å²) in [6, 6.07) is 16.0. The number of piperidine rings is 1. The Bertz CT molecular complexity index is 742. The minimum Gasteiger partial charge on any atom is -0.482 e. The zero-order chi connectivity index (χ0) is 19.1. The molecule has 1 unspecified atom stereocenters. The summed E-state index contributed by atoms with van der Waals surface area (Å²) < 4.78 is 5.54. The Labute approximate surface area is 166 Å². The average molecular weight is 387 g/mol. The second kappa shape index (κ2) is 9.77. The minimum atomic E-state index is -0.135. The molecule has 1 aliphatic heterocycles. The fraction of sp³-hybridized carbons (Fsp3) is 0.409. The van der Waals surface area contributed by atoms with Crippen LogP contribution in [0.1, 0.15) is 36.4 Å². The van der Waals surface area contributed by atoms with Crippen molar-refractivity contribution < 1.29 is 9.53 Å². The second-order valence-electron chi connectivity index (χ2n) is 7.05. The number of ether oxygens (including phenoxy) is 1. The van der Waals surface area contributed by atoms with Crippen LogP contribution in [0.2, 0.25) is 5.02 Å². The van der Waals surface area contributed by atoms with Crippen LogP contribution >= 0.6 is 11.6 Å². The van der Waals surface area contributed by atoms with Crippen molar-refractivity contribution in [1.29, 1.82) is 0 Å². The summed E-state index contributed by atoms with van der Waals surface area (Å²) >= 11 is 6.07. The summed E-state index contributed by atoms with van der Waals surface area (Å²) in [6.07, 6.45) is 3.72. The van der Waals surface area contributed by atoms with Gasteiger partial charge < -0.3 is 10.1 Å². The van der Waals surface area contributed by atoms with Crippen molar-refractivity contribution in [2.45, 2.75) is 32.2 Å². The van der Waals surface area contributed by atoms with E-state index in [1.807, 2.05) is 12.1 Å². The molecule has 2 aromatic rings. The van der Waals surface area contributed by atoms with E-state index in [-0.39, 0.29) is 18.6 Å². The molecule has 27 heavy (non-hydrogen) atoms. The molecule has 0 spiro atoms. The normalized spacial score (nSPS) is 15.9. The van der Waals surface area contributed by atoms with E-state index >= 15 is 0 Å². The van der Waals surface area contributed by atoms with Crippen molar-refractivity contribution in [3.8, 4) is 5.75 Å². The number of nitrogens with zero attached hydrogens (tertiary/aromatic N) is 1. The van der Waals surface area contributed by atoms with Crippen molar-refractivity contribution >= 4 is 17.5 Å². The first-order valence-corrected chi connectivity index (χ1v) is 9.96. The van der Waals surface area contributed by atoms with Crippen LogP contribution in [0.15, 0.2) is 48.5 Å². The van der Waals surface area contributed by atoms with Crippen molar-refractivity contribution in [2.75, 3.05) is 26.2 Å². The van der Waals surface area contributed by atoms with Crippen molar-refractivity contribution in [2.24, 2.45) is 0 Å². The number of carbonyl (C=O) groups excluding carboxylic acids is 1. The number of amides is 1. The molecule has 1 aliphatic rings. The van der Waals surface area contributed by atoms with Gasteiger partial charge in [0.15, 0.2) is 6.61 Å². The van der Waals surface area contributed by atoms with Gasteiger partial charge in [-0.05, 0) is 50.6 Å². The van der Waals surface area contributed by atoms with Crippen LogP contribution in [0.4, 0.5) is 0 Å². The predicted molar refractivity (Wildman–Crippen MR) is 109 cm³/mol. The lowest BCUT2D eigenvalue weighted by Gasteiger charge is -2.35. The Hall–Kier alpha value is -2.04. The van der Waals surface area contributed by atoms with Crippen LogP contribution in [-0.4, -0.2) is 37.0 Å². The number of nitrogens with one attached hydrogen (secondary N) is 1. The number of rotatable bonds is 7. The molecule has 1 atom stereocenters. The fourth-order valence-corrected chi connectivity index (χ4v) is 3.63. The zero-order valence-corrected chi connectivity index (χ0v) is 16.5.